The topological polar surface area (TPSA) is 114 Å². The minimum atomic E-state index is -4.55. The normalized spacial score (nSPS) is 12.5. The molecule has 0 unspecified atom stereocenters. The summed E-state index contributed by atoms with van der Waals surface area (Å²) in [6.07, 6.45) is 0. The zero-order chi connectivity index (χ0) is 35.0. The monoisotopic (exact) mass is 722 g/mol. The van der Waals surface area contributed by atoms with Crippen LogP contribution in [0.25, 0.3) is 21.5 Å². The molecule has 0 aliphatic heterocycles. The molecule has 4 aromatic carbocycles. The molecule has 0 aromatic heterocycles. The van der Waals surface area contributed by atoms with Crippen LogP contribution in [0.4, 0.5) is 0 Å². The molecular formula is C38H50FeO6S2. The molecule has 0 saturated carbocycles. The maximum Gasteiger partial charge on any atom is 2.00 e. The number of fused-ring (bicyclic) bond motifs is 2. The largest absolute Gasteiger partial charge is 2.00 e. The van der Waals surface area contributed by atoms with Crippen LogP contribution in [-0.2, 0) is 37.3 Å². The minimum absolute atomic E-state index is 0. The van der Waals surface area contributed by atoms with E-state index in [9.17, 15) is 25.9 Å². The number of hydrogen-bond donors (Lipinski definition) is 0. The Hall–Kier alpha value is -2.26. The molecule has 0 heterocycles. The zero-order valence-corrected chi connectivity index (χ0v) is 32.4. The Labute approximate surface area is 293 Å². The fraction of sp³-hybridized carbons (Fsp3) is 0.474. The molecule has 6 nitrogen and oxygen atoms in total. The van der Waals surface area contributed by atoms with Crippen molar-refractivity contribution in [3.63, 3.8) is 0 Å². The van der Waals surface area contributed by atoms with Gasteiger partial charge in [0.1, 0.15) is 20.2 Å². The predicted octanol–water partition coefficient (Wildman–Crippen LogP) is 10.2. The Morgan fingerprint density at radius 2 is 0.596 bits per heavy atom. The Kier molecular flexibility index (Phi) is 13.5. The number of hydrogen-bond acceptors (Lipinski definition) is 6. The van der Waals surface area contributed by atoms with Gasteiger partial charge in [0.25, 0.3) is 0 Å². The second-order valence-corrected chi connectivity index (χ2v) is 16.7. The van der Waals surface area contributed by atoms with Gasteiger partial charge in [-0.25, -0.2) is 16.8 Å². The third kappa shape index (κ3) is 8.31. The van der Waals surface area contributed by atoms with Gasteiger partial charge in [-0.15, -0.1) is 0 Å². The first-order valence-electron chi connectivity index (χ1n) is 16.2. The fourth-order valence-corrected chi connectivity index (χ4v) is 9.24. The Morgan fingerprint density at radius 3 is 0.787 bits per heavy atom. The maximum atomic E-state index is 12.1. The fourth-order valence-electron chi connectivity index (χ4n) is 7.12. The van der Waals surface area contributed by atoms with Crippen LogP contribution in [0.1, 0.15) is 152 Å². The minimum Gasteiger partial charge on any atom is -0.744 e. The van der Waals surface area contributed by atoms with Crippen LogP contribution >= 0.6 is 0 Å². The third-order valence-corrected chi connectivity index (χ3v) is 10.4. The third-order valence-electron chi connectivity index (χ3n) is 8.54. The molecule has 4 rings (SSSR count). The van der Waals surface area contributed by atoms with Crippen LogP contribution in [0, 0.1) is 0 Å². The van der Waals surface area contributed by atoms with Crippen molar-refractivity contribution < 1.29 is 43.0 Å². The van der Waals surface area contributed by atoms with Crippen LogP contribution in [-0.4, -0.2) is 25.9 Å². The van der Waals surface area contributed by atoms with Crippen molar-refractivity contribution >= 4 is 41.8 Å². The van der Waals surface area contributed by atoms with Gasteiger partial charge in [0.05, 0.1) is 9.79 Å². The Bertz CT molecular complexity index is 1810. The molecule has 0 amide bonds. The molecule has 0 aliphatic carbocycles. The Morgan fingerprint density at radius 1 is 0.383 bits per heavy atom. The molecule has 0 bridgehead atoms. The molecule has 0 radical (unpaired) electrons. The van der Waals surface area contributed by atoms with Gasteiger partial charge in [-0.3, -0.25) is 0 Å². The van der Waals surface area contributed by atoms with E-state index >= 15 is 0 Å². The molecule has 0 fully saturated rings. The van der Waals surface area contributed by atoms with E-state index in [1.54, 1.807) is 24.3 Å². The van der Waals surface area contributed by atoms with Crippen molar-refractivity contribution in [1.82, 2.24) is 0 Å². The molecule has 0 aliphatic rings. The molecule has 0 spiro atoms. The predicted molar refractivity (Wildman–Crippen MR) is 188 cm³/mol. The first kappa shape index (κ1) is 40.9. The molecule has 9 heteroatoms. The summed E-state index contributed by atoms with van der Waals surface area (Å²) >= 11 is 0. The first-order valence-corrected chi connectivity index (χ1v) is 19.0. The summed E-state index contributed by atoms with van der Waals surface area (Å²) in [5.74, 6) is 0.725. The molecular weight excluding hydrogens is 672 g/mol. The maximum absolute atomic E-state index is 12.1. The molecule has 4 aromatic rings. The summed E-state index contributed by atoms with van der Waals surface area (Å²) in [5, 5.41) is 2.87. The van der Waals surface area contributed by atoms with Crippen LogP contribution < -0.4 is 0 Å². The van der Waals surface area contributed by atoms with Crippen LogP contribution in [0.5, 0.6) is 0 Å². The standard InChI is InChI=1S/2C19H26O3S.Fe/c2*1-11(2)16-14-9-7-8-10-15(14)19(23(20,21)22)18(13(5)6)17(16)12(3)4;/h2*7-13H,1-6H3,(H,20,21,22);/q;;+2/p-2. The van der Waals surface area contributed by atoms with Crippen molar-refractivity contribution in [2.75, 3.05) is 0 Å². The number of benzene rings is 4. The molecule has 0 saturated heterocycles. The van der Waals surface area contributed by atoms with E-state index in [0.717, 1.165) is 33.0 Å². The molecule has 0 atom stereocenters. The number of rotatable bonds is 8. The van der Waals surface area contributed by atoms with Crippen molar-refractivity contribution in [2.45, 2.75) is 128 Å². The van der Waals surface area contributed by atoms with Crippen LogP contribution in [0.15, 0.2) is 58.3 Å². The van der Waals surface area contributed by atoms with Crippen molar-refractivity contribution in [3.05, 3.63) is 81.9 Å². The quantitative estimate of drug-likeness (QED) is 0.132. The smallest absolute Gasteiger partial charge is 0.744 e. The SMILES string of the molecule is CC(C)c1c(C(C)C)c(S(=O)(=O)[O-])c2ccccc2c1C(C)C.CC(C)c1c(C(C)C)c(S(=O)(=O)[O-])c2ccccc2c1C(C)C.[Fe+2]. The van der Waals surface area contributed by atoms with Gasteiger partial charge in [0, 0.05) is 0 Å². The van der Waals surface area contributed by atoms with E-state index < -0.39 is 20.2 Å². The molecule has 0 N–H and O–H groups in total. The van der Waals surface area contributed by atoms with Gasteiger partial charge >= 0.3 is 17.1 Å². The van der Waals surface area contributed by atoms with Gasteiger partial charge in [-0.1, -0.05) is 132 Å². The van der Waals surface area contributed by atoms with E-state index in [1.165, 1.54) is 0 Å². The second-order valence-electron chi connectivity index (χ2n) is 14.1. The van der Waals surface area contributed by atoms with Gasteiger partial charge in [0.2, 0.25) is 0 Å². The van der Waals surface area contributed by atoms with Crippen molar-refractivity contribution in [3.8, 4) is 0 Å². The summed E-state index contributed by atoms with van der Waals surface area (Å²) in [6.45, 7) is 24.5. The Balaban J connectivity index is 0.000000320. The summed E-state index contributed by atoms with van der Waals surface area (Å²) in [4.78, 5) is -0.0626. The molecule has 47 heavy (non-hydrogen) atoms. The van der Waals surface area contributed by atoms with Gasteiger partial charge in [-0.2, -0.15) is 0 Å². The first-order chi connectivity index (χ1) is 21.1. The second kappa shape index (κ2) is 15.5. The summed E-state index contributed by atoms with van der Waals surface area (Å²) in [7, 11) is -9.11. The van der Waals surface area contributed by atoms with E-state index in [1.807, 2.05) is 52.0 Å². The van der Waals surface area contributed by atoms with Crippen LogP contribution in [0.2, 0.25) is 0 Å². The van der Waals surface area contributed by atoms with Crippen molar-refractivity contribution in [1.29, 1.82) is 0 Å². The van der Waals surface area contributed by atoms with E-state index in [2.05, 4.69) is 55.4 Å². The van der Waals surface area contributed by atoms with Crippen molar-refractivity contribution in [2.24, 2.45) is 0 Å². The van der Waals surface area contributed by atoms with Gasteiger partial charge < -0.3 is 9.11 Å². The van der Waals surface area contributed by atoms with Crippen LogP contribution in [0.3, 0.4) is 0 Å². The van der Waals surface area contributed by atoms with E-state index in [-0.39, 0.29) is 62.4 Å². The summed E-state index contributed by atoms with van der Waals surface area (Å²) in [6, 6.07) is 14.7. The summed E-state index contributed by atoms with van der Waals surface area (Å²) in [5.41, 5.74) is 5.74. The summed E-state index contributed by atoms with van der Waals surface area (Å²) < 4.78 is 72.4. The zero-order valence-electron chi connectivity index (χ0n) is 29.7. The average Bonchev–Trinajstić information content (AvgIpc) is 2.92. The van der Waals surface area contributed by atoms with Gasteiger partial charge in [0.15, 0.2) is 0 Å². The van der Waals surface area contributed by atoms with Gasteiger partial charge in [-0.05, 0) is 90.4 Å². The van der Waals surface area contributed by atoms with E-state index in [4.69, 9.17) is 0 Å². The van der Waals surface area contributed by atoms with E-state index in [0.29, 0.717) is 21.9 Å². The molecule has 258 valence electrons. The average molecular weight is 723 g/mol.